The SMILES string of the molecule is CN1CCC(O)(C#Cc2cccc(-c3cc4c(N)ncnc4cn3)c2)C1=O. The van der Waals surface area contributed by atoms with Crippen molar-refractivity contribution in [2.75, 3.05) is 19.3 Å². The average molecular weight is 359 g/mol. The van der Waals surface area contributed by atoms with Crippen LogP contribution in [0.25, 0.3) is 22.2 Å². The highest BCUT2D eigenvalue weighted by Crippen LogP contribution is 2.24. The van der Waals surface area contributed by atoms with Gasteiger partial charge in [0.05, 0.1) is 17.4 Å². The molecule has 3 N–H and O–H groups in total. The van der Waals surface area contributed by atoms with Gasteiger partial charge in [-0.15, -0.1) is 0 Å². The summed E-state index contributed by atoms with van der Waals surface area (Å²) >= 11 is 0. The van der Waals surface area contributed by atoms with E-state index < -0.39 is 5.60 Å². The van der Waals surface area contributed by atoms with Gasteiger partial charge in [-0.05, 0) is 18.2 Å². The highest BCUT2D eigenvalue weighted by Gasteiger charge is 2.42. The predicted molar refractivity (Wildman–Crippen MR) is 101 cm³/mol. The molecule has 134 valence electrons. The van der Waals surface area contributed by atoms with Crippen LogP contribution >= 0.6 is 0 Å². The molecule has 1 amide bonds. The van der Waals surface area contributed by atoms with Crippen LogP contribution in [-0.2, 0) is 4.79 Å². The zero-order valence-electron chi connectivity index (χ0n) is 14.7. The molecule has 0 spiro atoms. The normalized spacial score (nSPS) is 19.2. The Kier molecular flexibility index (Phi) is 3.98. The summed E-state index contributed by atoms with van der Waals surface area (Å²) in [4.78, 5) is 26.1. The van der Waals surface area contributed by atoms with Gasteiger partial charge in [0, 0.05) is 36.5 Å². The molecule has 1 saturated heterocycles. The molecule has 1 atom stereocenters. The first-order chi connectivity index (χ1) is 13.0. The van der Waals surface area contributed by atoms with E-state index in [9.17, 15) is 9.90 Å². The molecule has 4 rings (SSSR count). The zero-order chi connectivity index (χ0) is 19.0. The van der Waals surface area contributed by atoms with Crippen LogP contribution in [0.15, 0.2) is 42.9 Å². The second-order valence-corrected chi connectivity index (χ2v) is 6.51. The smallest absolute Gasteiger partial charge is 0.267 e. The fourth-order valence-electron chi connectivity index (χ4n) is 3.04. The molecule has 0 bridgehead atoms. The van der Waals surface area contributed by atoms with Gasteiger partial charge in [-0.3, -0.25) is 9.78 Å². The van der Waals surface area contributed by atoms with E-state index >= 15 is 0 Å². The van der Waals surface area contributed by atoms with Gasteiger partial charge in [0.15, 0.2) is 0 Å². The third-order valence-corrected chi connectivity index (χ3v) is 4.63. The quantitative estimate of drug-likeness (QED) is 0.633. The monoisotopic (exact) mass is 359 g/mol. The molecular formula is C20H17N5O2. The first-order valence-corrected chi connectivity index (χ1v) is 8.44. The number of aromatic nitrogens is 3. The average Bonchev–Trinajstić information content (AvgIpc) is 2.95. The van der Waals surface area contributed by atoms with Crippen LogP contribution in [0.2, 0.25) is 0 Å². The van der Waals surface area contributed by atoms with Crippen LogP contribution in [0.3, 0.4) is 0 Å². The Morgan fingerprint density at radius 1 is 1.26 bits per heavy atom. The Morgan fingerprint density at radius 3 is 2.89 bits per heavy atom. The van der Waals surface area contributed by atoms with Crippen molar-refractivity contribution in [1.29, 1.82) is 0 Å². The number of aliphatic hydroxyl groups is 1. The number of likely N-dealkylation sites (tertiary alicyclic amines) is 1. The lowest BCUT2D eigenvalue weighted by Gasteiger charge is -2.13. The molecule has 27 heavy (non-hydrogen) atoms. The van der Waals surface area contributed by atoms with Crippen LogP contribution in [0.4, 0.5) is 5.82 Å². The molecule has 2 aromatic heterocycles. The number of hydrogen-bond donors (Lipinski definition) is 2. The molecule has 3 heterocycles. The largest absolute Gasteiger partial charge is 0.383 e. The summed E-state index contributed by atoms with van der Waals surface area (Å²) in [6.45, 7) is 0.495. The number of fused-ring (bicyclic) bond motifs is 1. The van der Waals surface area contributed by atoms with Gasteiger partial charge in [0.1, 0.15) is 12.1 Å². The molecule has 3 aromatic rings. The predicted octanol–water partition coefficient (Wildman–Crippen LogP) is 1.22. The third-order valence-electron chi connectivity index (χ3n) is 4.63. The summed E-state index contributed by atoms with van der Waals surface area (Å²) in [6.07, 6.45) is 3.36. The maximum atomic E-state index is 12.0. The molecule has 1 fully saturated rings. The first-order valence-electron chi connectivity index (χ1n) is 8.44. The van der Waals surface area contributed by atoms with Crippen molar-refractivity contribution in [2.45, 2.75) is 12.0 Å². The summed E-state index contributed by atoms with van der Waals surface area (Å²) in [7, 11) is 1.66. The Balaban J connectivity index is 1.69. The number of nitrogens with zero attached hydrogens (tertiary/aromatic N) is 4. The van der Waals surface area contributed by atoms with Crippen molar-refractivity contribution in [1.82, 2.24) is 19.9 Å². The molecule has 1 unspecified atom stereocenters. The Hall–Kier alpha value is -3.50. The Labute approximate surface area is 155 Å². The topological polar surface area (TPSA) is 105 Å². The number of carbonyl (C=O) groups excluding carboxylic acids is 1. The van der Waals surface area contributed by atoms with Crippen molar-refractivity contribution in [3.63, 3.8) is 0 Å². The van der Waals surface area contributed by atoms with E-state index in [1.165, 1.54) is 11.2 Å². The third kappa shape index (κ3) is 3.07. The highest BCUT2D eigenvalue weighted by atomic mass is 16.3. The lowest BCUT2D eigenvalue weighted by atomic mass is 10.0. The lowest BCUT2D eigenvalue weighted by molar-refractivity contribution is -0.137. The lowest BCUT2D eigenvalue weighted by Crippen LogP contribution is -2.37. The summed E-state index contributed by atoms with van der Waals surface area (Å²) in [5, 5.41) is 11.2. The van der Waals surface area contributed by atoms with Gasteiger partial charge in [0.25, 0.3) is 5.91 Å². The molecule has 7 heteroatoms. The number of anilines is 1. The first kappa shape index (κ1) is 16.9. The van der Waals surface area contributed by atoms with Crippen LogP contribution in [-0.4, -0.2) is 50.1 Å². The fourth-order valence-corrected chi connectivity index (χ4v) is 3.04. The van der Waals surface area contributed by atoms with Crippen molar-refractivity contribution in [2.24, 2.45) is 0 Å². The molecule has 1 aromatic carbocycles. The number of benzene rings is 1. The zero-order valence-corrected chi connectivity index (χ0v) is 14.7. The van der Waals surface area contributed by atoms with E-state index in [4.69, 9.17) is 5.73 Å². The number of nitrogens with two attached hydrogens (primary N) is 1. The summed E-state index contributed by atoms with van der Waals surface area (Å²) < 4.78 is 0. The molecule has 0 aliphatic carbocycles. The van der Waals surface area contributed by atoms with Crippen molar-refractivity contribution >= 4 is 22.6 Å². The molecule has 7 nitrogen and oxygen atoms in total. The Bertz CT molecular complexity index is 1120. The van der Waals surface area contributed by atoms with Crippen LogP contribution in [0.5, 0.6) is 0 Å². The van der Waals surface area contributed by atoms with E-state index in [0.717, 1.165) is 10.9 Å². The van der Waals surface area contributed by atoms with E-state index in [2.05, 4.69) is 26.8 Å². The van der Waals surface area contributed by atoms with Gasteiger partial charge >= 0.3 is 0 Å². The second kappa shape index (κ2) is 6.34. The number of amides is 1. The number of carbonyl (C=O) groups is 1. The van der Waals surface area contributed by atoms with E-state index in [0.29, 0.717) is 35.6 Å². The van der Waals surface area contributed by atoms with Gasteiger partial charge in [0.2, 0.25) is 5.60 Å². The maximum absolute atomic E-state index is 12.0. The molecule has 0 saturated carbocycles. The Morgan fingerprint density at radius 2 is 2.11 bits per heavy atom. The van der Waals surface area contributed by atoms with E-state index in [1.807, 2.05) is 30.3 Å². The van der Waals surface area contributed by atoms with Crippen molar-refractivity contribution < 1.29 is 9.90 Å². The van der Waals surface area contributed by atoms with E-state index in [1.54, 1.807) is 13.2 Å². The van der Waals surface area contributed by atoms with Crippen LogP contribution < -0.4 is 5.73 Å². The van der Waals surface area contributed by atoms with Crippen molar-refractivity contribution in [3.05, 3.63) is 48.4 Å². The van der Waals surface area contributed by atoms with Crippen LogP contribution in [0.1, 0.15) is 12.0 Å². The van der Waals surface area contributed by atoms with Gasteiger partial charge in [-0.25, -0.2) is 9.97 Å². The minimum absolute atomic E-state index is 0.306. The van der Waals surface area contributed by atoms with Crippen LogP contribution in [0, 0.1) is 11.8 Å². The minimum Gasteiger partial charge on any atom is -0.383 e. The summed E-state index contributed by atoms with van der Waals surface area (Å²) in [5.74, 6) is 5.67. The van der Waals surface area contributed by atoms with Gasteiger partial charge < -0.3 is 15.7 Å². The number of rotatable bonds is 1. The number of hydrogen-bond acceptors (Lipinski definition) is 6. The van der Waals surface area contributed by atoms with Gasteiger partial charge in [-0.2, -0.15) is 0 Å². The minimum atomic E-state index is -1.61. The number of likely N-dealkylation sites (N-methyl/N-ethyl adjacent to an activating group) is 1. The fraction of sp³-hybridized carbons (Fsp3) is 0.200. The highest BCUT2D eigenvalue weighted by molar-refractivity contribution is 5.91. The molecule has 1 aliphatic rings. The summed E-state index contributed by atoms with van der Waals surface area (Å²) in [6, 6.07) is 9.26. The maximum Gasteiger partial charge on any atom is 0.267 e. The second-order valence-electron chi connectivity index (χ2n) is 6.51. The van der Waals surface area contributed by atoms with Crippen molar-refractivity contribution in [3.8, 4) is 23.1 Å². The summed E-state index contributed by atoms with van der Waals surface area (Å²) in [5.41, 5.74) is 7.22. The standard InChI is InChI=1S/C20H17N5O2/c1-25-8-7-20(27,19(25)26)6-5-13-3-2-4-14(9-13)16-10-15-17(11-22-16)23-12-24-18(15)21/h2-4,9-12,27H,7-8H2,1H3,(H2,21,23,24). The molecular weight excluding hydrogens is 342 g/mol. The van der Waals surface area contributed by atoms with Gasteiger partial charge in [-0.1, -0.05) is 24.0 Å². The number of pyridine rings is 1. The molecule has 0 radical (unpaired) electrons. The number of nitrogen functional groups attached to an aromatic ring is 1. The van der Waals surface area contributed by atoms with E-state index in [-0.39, 0.29) is 5.91 Å². The molecule has 1 aliphatic heterocycles.